The smallest absolute Gasteiger partial charge is 0.323 e. The van der Waals surface area contributed by atoms with E-state index >= 15 is 0 Å². The lowest BCUT2D eigenvalue weighted by molar-refractivity contribution is -0.145. The van der Waals surface area contributed by atoms with Crippen molar-refractivity contribution < 1.29 is 14.3 Å². The van der Waals surface area contributed by atoms with Gasteiger partial charge in [-0.25, -0.2) is 0 Å². The third-order valence-corrected chi connectivity index (χ3v) is 3.91. The molecule has 1 fully saturated rings. The van der Waals surface area contributed by atoms with Crippen LogP contribution in [0.15, 0.2) is 0 Å². The molecular formula is C14H27NO3. The molecular weight excluding hydrogens is 230 g/mol. The van der Waals surface area contributed by atoms with Gasteiger partial charge in [0.15, 0.2) is 0 Å². The first kappa shape index (κ1) is 15.4. The van der Waals surface area contributed by atoms with Crippen LogP contribution in [-0.2, 0) is 14.3 Å². The van der Waals surface area contributed by atoms with E-state index in [1.54, 1.807) is 0 Å². The summed E-state index contributed by atoms with van der Waals surface area (Å²) in [5.74, 6) is 0.143. The summed E-state index contributed by atoms with van der Waals surface area (Å²) in [6, 6.07) is 0.169. The van der Waals surface area contributed by atoms with Crippen molar-refractivity contribution >= 4 is 5.97 Å². The summed E-state index contributed by atoms with van der Waals surface area (Å²) in [5.41, 5.74) is 0. The number of hydrogen-bond donors (Lipinski definition) is 1. The van der Waals surface area contributed by atoms with Crippen molar-refractivity contribution in [3.05, 3.63) is 0 Å². The maximum absolute atomic E-state index is 11.8. The Labute approximate surface area is 110 Å². The summed E-state index contributed by atoms with van der Waals surface area (Å²) in [5, 5.41) is 3.47. The van der Waals surface area contributed by atoms with Gasteiger partial charge in [0.05, 0.1) is 13.2 Å². The van der Waals surface area contributed by atoms with Gasteiger partial charge in [0.1, 0.15) is 6.04 Å². The van der Waals surface area contributed by atoms with Crippen molar-refractivity contribution in [3.8, 4) is 0 Å². The van der Waals surface area contributed by atoms with Crippen LogP contribution in [0.25, 0.3) is 0 Å². The molecule has 0 spiro atoms. The number of rotatable bonds is 6. The molecule has 0 aromatic heterocycles. The molecule has 18 heavy (non-hydrogen) atoms. The van der Waals surface area contributed by atoms with Crippen LogP contribution in [0.2, 0.25) is 0 Å². The Bertz CT molecular complexity index is 257. The van der Waals surface area contributed by atoms with Crippen LogP contribution >= 0.6 is 0 Å². The van der Waals surface area contributed by atoms with Gasteiger partial charge in [0, 0.05) is 12.6 Å². The SMILES string of the molecule is CCC1CC(NC(C(=O)OC)C(C)CC)CCO1. The lowest BCUT2D eigenvalue weighted by Crippen LogP contribution is -2.50. The molecule has 1 aliphatic heterocycles. The van der Waals surface area contributed by atoms with Gasteiger partial charge in [0.25, 0.3) is 0 Å². The molecule has 1 aliphatic rings. The number of methoxy groups -OCH3 is 1. The molecule has 0 aromatic carbocycles. The third-order valence-electron chi connectivity index (χ3n) is 3.91. The fraction of sp³-hybridized carbons (Fsp3) is 0.929. The number of carbonyl (C=O) groups is 1. The maximum atomic E-state index is 11.8. The van der Waals surface area contributed by atoms with Gasteiger partial charge in [-0.05, 0) is 25.2 Å². The van der Waals surface area contributed by atoms with Crippen molar-refractivity contribution in [2.24, 2.45) is 5.92 Å². The van der Waals surface area contributed by atoms with E-state index in [9.17, 15) is 4.79 Å². The molecule has 4 nitrogen and oxygen atoms in total. The number of carbonyl (C=O) groups excluding carboxylic acids is 1. The molecule has 0 aliphatic carbocycles. The Morgan fingerprint density at radius 3 is 2.78 bits per heavy atom. The van der Waals surface area contributed by atoms with Crippen LogP contribution in [0.1, 0.15) is 46.5 Å². The Balaban J connectivity index is 2.56. The molecule has 1 rings (SSSR count). The highest BCUT2D eigenvalue weighted by atomic mass is 16.5. The molecule has 0 bridgehead atoms. The highest BCUT2D eigenvalue weighted by Crippen LogP contribution is 2.19. The molecule has 0 saturated carbocycles. The Morgan fingerprint density at radius 1 is 1.50 bits per heavy atom. The largest absolute Gasteiger partial charge is 0.468 e. The molecule has 106 valence electrons. The summed E-state index contributed by atoms with van der Waals surface area (Å²) in [4.78, 5) is 11.8. The Morgan fingerprint density at radius 2 is 2.22 bits per heavy atom. The normalized spacial score (nSPS) is 27.6. The molecule has 0 radical (unpaired) electrons. The molecule has 0 aromatic rings. The zero-order chi connectivity index (χ0) is 13.5. The summed E-state index contributed by atoms with van der Waals surface area (Å²) < 4.78 is 10.6. The fourth-order valence-electron chi connectivity index (χ4n) is 2.40. The first-order valence-corrected chi connectivity index (χ1v) is 7.07. The average molecular weight is 257 g/mol. The first-order chi connectivity index (χ1) is 8.62. The number of hydrogen-bond acceptors (Lipinski definition) is 4. The van der Waals surface area contributed by atoms with Gasteiger partial charge in [0.2, 0.25) is 0 Å². The number of nitrogens with one attached hydrogen (secondary N) is 1. The quantitative estimate of drug-likeness (QED) is 0.740. The second kappa shape index (κ2) is 7.74. The van der Waals surface area contributed by atoms with Gasteiger partial charge < -0.3 is 14.8 Å². The molecule has 0 amide bonds. The Kier molecular flexibility index (Phi) is 6.65. The summed E-state index contributed by atoms with van der Waals surface area (Å²) in [6.45, 7) is 7.11. The summed E-state index contributed by atoms with van der Waals surface area (Å²) >= 11 is 0. The van der Waals surface area contributed by atoms with Crippen LogP contribution in [0.3, 0.4) is 0 Å². The van der Waals surface area contributed by atoms with Crippen LogP contribution < -0.4 is 5.32 Å². The average Bonchev–Trinajstić information content (AvgIpc) is 2.43. The summed E-state index contributed by atoms with van der Waals surface area (Å²) in [7, 11) is 1.46. The first-order valence-electron chi connectivity index (χ1n) is 7.07. The molecule has 4 unspecified atom stereocenters. The molecule has 1 heterocycles. The third kappa shape index (κ3) is 4.25. The van der Waals surface area contributed by atoms with Crippen molar-refractivity contribution in [2.45, 2.75) is 64.6 Å². The van der Waals surface area contributed by atoms with E-state index in [4.69, 9.17) is 9.47 Å². The lowest BCUT2D eigenvalue weighted by Gasteiger charge is -2.33. The van der Waals surface area contributed by atoms with E-state index < -0.39 is 0 Å². The molecule has 4 atom stereocenters. The zero-order valence-electron chi connectivity index (χ0n) is 12.1. The van der Waals surface area contributed by atoms with Gasteiger partial charge in [-0.3, -0.25) is 4.79 Å². The van der Waals surface area contributed by atoms with Gasteiger partial charge in [-0.15, -0.1) is 0 Å². The van der Waals surface area contributed by atoms with Gasteiger partial charge in [-0.2, -0.15) is 0 Å². The van der Waals surface area contributed by atoms with Crippen LogP contribution in [-0.4, -0.2) is 37.9 Å². The molecule has 1 N–H and O–H groups in total. The van der Waals surface area contributed by atoms with E-state index in [0.717, 1.165) is 32.3 Å². The van der Waals surface area contributed by atoms with E-state index in [0.29, 0.717) is 18.1 Å². The number of ether oxygens (including phenoxy) is 2. The molecule has 1 saturated heterocycles. The van der Waals surface area contributed by atoms with E-state index in [-0.39, 0.29) is 12.0 Å². The zero-order valence-corrected chi connectivity index (χ0v) is 12.1. The van der Waals surface area contributed by atoms with Crippen LogP contribution in [0.4, 0.5) is 0 Å². The predicted molar refractivity (Wildman–Crippen MR) is 71.4 cm³/mol. The van der Waals surface area contributed by atoms with Crippen LogP contribution in [0, 0.1) is 5.92 Å². The van der Waals surface area contributed by atoms with Crippen LogP contribution in [0.5, 0.6) is 0 Å². The van der Waals surface area contributed by atoms with E-state index in [1.807, 2.05) is 0 Å². The predicted octanol–water partition coefficient (Wildman–Crippen LogP) is 2.12. The lowest BCUT2D eigenvalue weighted by atomic mass is 9.95. The number of esters is 1. The molecule has 4 heteroatoms. The maximum Gasteiger partial charge on any atom is 0.323 e. The topological polar surface area (TPSA) is 47.6 Å². The summed E-state index contributed by atoms with van der Waals surface area (Å²) in [6.07, 6.45) is 4.28. The second-order valence-corrected chi connectivity index (χ2v) is 5.18. The van der Waals surface area contributed by atoms with E-state index in [1.165, 1.54) is 7.11 Å². The van der Waals surface area contributed by atoms with Gasteiger partial charge in [-0.1, -0.05) is 27.2 Å². The highest BCUT2D eigenvalue weighted by Gasteiger charge is 2.30. The van der Waals surface area contributed by atoms with Crippen molar-refractivity contribution in [1.82, 2.24) is 5.32 Å². The Hall–Kier alpha value is -0.610. The van der Waals surface area contributed by atoms with Crippen molar-refractivity contribution in [1.29, 1.82) is 0 Å². The standard InChI is InChI=1S/C14H27NO3/c1-5-10(3)13(14(16)17-4)15-11-7-8-18-12(6-2)9-11/h10-13,15H,5-9H2,1-4H3. The minimum Gasteiger partial charge on any atom is -0.468 e. The minimum atomic E-state index is -0.194. The second-order valence-electron chi connectivity index (χ2n) is 5.18. The minimum absolute atomic E-state index is 0.149. The van der Waals surface area contributed by atoms with Gasteiger partial charge >= 0.3 is 5.97 Å². The monoisotopic (exact) mass is 257 g/mol. The van der Waals surface area contributed by atoms with Crippen molar-refractivity contribution in [2.75, 3.05) is 13.7 Å². The highest BCUT2D eigenvalue weighted by molar-refractivity contribution is 5.76. The fourth-order valence-corrected chi connectivity index (χ4v) is 2.40. The van der Waals surface area contributed by atoms with E-state index in [2.05, 4.69) is 26.1 Å². The van der Waals surface area contributed by atoms with Crippen molar-refractivity contribution in [3.63, 3.8) is 0 Å².